The number of nitrogens with one attached hydrogen (secondary N) is 1. The first kappa shape index (κ1) is 22.0. The molecule has 0 spiro atoms. The SMILES string of the molecule is CCOC(=O)c1ccc(CCCN2CCC(CN[C@@H]3C[C@H]3c3ccccc3)CC2)cc1. The second kappa shape index (κ2) is 10.9. The highest BCUT2D eigenvalue weighted by molar-refractivity contribution is 5.89. The average molecular weight is 421 g/mol. The Hall–Kier alpha value is -2.17. The Kier molecular flexibility index (Phi) is 7.76. The predicted molar refractivity (Wildman–Crippen MR) is 125 cm³/mol. The molecule has 2 aromatic rings. The first-order valence-electron chi connectivity index (χ1n) is 12.0. The molecule has 1 heterocycles. The fourth-order valence-corrected chi connectivity index (χ4v) is 4.75. The average Bonchev–Trinajstić information content (AvgIpc) is 3.60. The number of hydrogen-bond donors (Lipinski definition) is 1. The van der Waals surface area contributed by atoms with Crippen LogP contribution in [0.1, 0.15) is 60.0 Å². The van der Waals surface area contributed by atoms with E-state index in [2.05, 4.69) is 52.7 Å². The standard InChI is InChI=1S/C27H36N2O2/c1-2-31-27(30)24-12-10-21(11-13-24)7-6-16-29-17-14-22(15-18-29)20-28-26-19-25(26)23-8-4-3-5-9-23/h3-5,8-13,22,25-26,28H,2,6-7,14-20H2,1H3/t25-,26+/m0/s1. The number of esters is 1. The summed E-state index contributed by atoms with van der Waals surface area (Å²) >= 11 is 0. The minimum atomic E-state index is -0.233. The number of ether oxygens (including phenoxy) is 1. The zero-order valence-electron chi connectivity index (χ0n) is 18.8. The molecule has 4 nitrogen and oxygen atoms in total. The van der Waals surface area contributed by atoms with Gasteiger partial charge in [-0.1, -0.05) is 42.5 Å². The summed E-state index contributed by atoms with van der Waals surface area (Å²) in [6.45, 7) is 7.04. The van der Waals surface area contributed by atoms with Crippen LogP contribution >= 0.6 is 0 Å². The van der Waals surface area contributed by atoms with Crippen molar-refractivity contribution in [1.29, 1.82) is 0 Å². The molecule has 0 aromatic heterocycles. The lowest BCUT2D eigenvalue weighted by Gasteiger charge is -2.32. The molecule has 166 valence electrons. The lowest BCUT2D eigenvalue weighted by molar-refractivity contribution is 0.0526. The Balaban J connectivity index is 1.09. The van der Waals surface area contributed by atoms with Crippen molar-refractivity contribution in [3.8, 4) is 0 Å². The van der Waals surface area contributed by atoms with Gasteiger partial charge in [0.2, 0.25) is 0 Å². The van der Waals surface area contributed by atoms with Gasteiger partial charge >= 0.3 is 5.97 Å². The van der Waals surface area contributed by atoms with E-state index in [9.17, 15) is 4.79 Å². The van der Waals surface area contributed by atoms with Crippen LogP contribution in [-0.2, 0) is 11.2 Å². The van der Waals surface area contributed by atoms with Crippen LogP contribution in [0.3, 0.4) is 0 Å². The normalized spacial score (nSPS) is 21.7. The largest absolute Gasteiger partial charge is 0.462 e. The van der Waals surface area contributed by atoms with Crippen LogP contribution in [0.4, 0.5) is 0 Å². The lowest BCUT2D eigenvalue weighted by Crippen LogP contribution is -2.38. The topological polar surface area (TPSA) is 41.6 Å². The summed E-state index contributed by atoms with van der Waals surface area (Å²) in [4.78, 5) is 14.4. The Morgan fingerprint density at radius 1 is 1.06 bits per heavy atom. The van der Waals surface area contributed by atoms with Crippen LogP contribution in [0.2, 0.25) is 0 Å². The molecular formula is C27H36N2O2. The van der Waals surface area contributed by atoms with E-state index in [1.54, 1.807) is 0 Å². The van der Waals surface area contributed by atoms with Crippen molar-refractivity contribution in [3.05, 3.63) is 71.3 Å². The Morgan fingerprint density at radius 2 is 1.81 bits per heavy atom. The molecule has 0 amide bonds. The van der Waals surface area contributed by atoms with E-state index in [0.29, 0.717) is 18.2 Å². The van der Waals surface area contributed by atoms with Gasteiger partial charge in [0.15, 0.2) is 0 Å². The molecule has 1 aliphatic carbocycles. The summed E-state index contributed by atoms with van der Waals surface area (Å²) in [5.41, 5.74) is 3.43. The van der Waals surface area contributed by atoms with Crippen molar-refractivity contribution in [2.75, 3.05) is 32.8 Å². The number of carbonyl (C=O) groups is 1. The summed E-state index contributed by atoms with van der Waals surface area (Å²) < 4.78 is 5.05. The summed E-state index contributed by atoms with van der Waals surface area (Å²) in [5.74, 6) is 1.32. The zero-order chi connectivity index (χ0) is 21.5. The van der Waals surface area contributed by atoms with E-state index in [4.69, 9.17) is 4.74 Å². The van der Waals surface area contributed by atoms with Crippen LogP contribution in [0.25, 0.3) is 0 Å². The monoisotopic (exact) mass is 420 g/mol. The smallest absolute Gasteiger partial charge is 0.338 e. The maximum atomic E-state index is 11.7. The number of piperidine rings is 1. The van der Waals surface area contributed by atoms with E-state index in [-0.39, 0.29) is 5.97 Å². The van der Waals surface area contributed by atoms with E-state index >= 15 is 0 Å². The van der Waals surface area contributed by atoms with E-state index in [0.717, 1.165) is 18.3 Å². The van der Waals surface area contributed by atoms with Crippen LogP contribution in [0.15, 0.2) is 54.6 Å². The molecule has 1 saturated heterocycles. The molecule has 1 aliphatic heterocycles. The number of aryl methyl sites for hydroxylation is 1. The maximum absolute atomic E-state index is 11.7. The Labute approximate surface area is 187 Å². The van der Waals surface area contributed by atoms with Gasteiger partial charge in [-0.05, 0) is 94.4 Å². The van der Waals surface area contributed by atoms with Gasteiger partial charge in [-0.25, -0.2) is 4.79 Å². The molecule has 0 unspecified atom stereocenters. The fraction of sp³-hybridized carbons (Fsp3) is 0.519. The first-order valence-corrected chi connectivity index (χ1v) is 12.0. The minimum absolute atomic E-state index is 0.233. The van der Waals surface area contributed by atoms with E-state index in [1.807, 2.05) is 19.1 Å². The van der Waals surface area contributed by atoms with Gasteiger partial charge in [0.25, 0.3) is 0 Å². The highest BCUT2D eigenvalue weighted by Gasteiger charge is 2.38. The summed E-state index contributed by atoms with van der Waals surface area (Å²) in [5, 5.41) is 3.82. The molecule has 2 atom stereocenters. The van der Waals surface area contributed by atoms with Crippen LogP contribution in [0.5, 0.6) is 0 Å². The fourth-order valence-electron chi connectivity index (χ4n) is 4.75. The number of likely N-dealkylation sites (tertiary alicyclic amines) is 1. The number of rotatable bonds is 10. The van der Waals surface area contributed by atoms with Gasteiger partial charge in [0.1, 0.15) is 0 Å². The molecule has 2 aliphatic rings. The second-order valence-electron chi connectivity index (χ2n) is 9.07. The highest BCUT2D eigenvalue weighted by Crippen LogP contribution is 2.40. The summed E-state index contributed by atoms with van der Waals surface area (Å²) in [7, 11) is 0. The summed E-state index contributed by atoms with van der Waals surface area (Å²) in [6, 6.07) is 19.5. The third kappa shape index (κ3) is 6.41. The highest BCUT2D eigenvalue weighted by atomic mass is 16.5. The van der Waals surface area contributed by atoms with E-state index in [1.165, 1.54) is 63.0 Å². The van der Waals surface area contributed by atoms with E-state index < -0.39 is 0 Å². The summed E-state index contributed by atoms with van der Waals surface area (Å²) in [6.07, 6.45) is 6.15. The van der Waals surface area contributed by atoms with Gasteiger partial charge in [-0.2, -0.15) is 0 Å². The minimum Gasteiger partial charge on any atom is -0.462 e. The molecule has 4 heteroatoms. The Bertz CT molecular complexity index is 813. The molecule has 31 heavy (non-hydrogen) atoms. The molecule has 1 saturated carbocycles. The third-order valence-electron chi connectivity index (χ3n) is 6.80. The molecule has 0 bridgehead atoms. The van der Waals surface area contributed by atoms with Crippen molar-refractivity contribution < 1.29 is 9.53 Å². The van der Waals surface area contributed by atoms with Gasteiger partial charge < -0.3 is 15.0 Å². The zero-order valence-corrected chi connectivity index (χ0v) is 18.8. The van der Waals surface area contributed by atoms with Gasteiger partial charge in [0, 0.05) is 12.0 Å². The molecule has 0 radical (unpaired) electrons. The van der Waals surface area contributed by atoms with Crippen molar-refractivity contribution in [3.63, 3.8) is 0 Å². The Morgan fingerprint density at radius 3 is 2.52 bits per heavy atom. The van der Waals surface area contributed by atoms with Crippen LogP contribution in [-0.4, -0.2) is 49.7 Å². The lowest BCUT2D eigenvalue weighted by atomic mass is 9.96. The molecule has 4 rings (SSSR count). The number of nitrogens with zero attached hydrogens (tertiary/aromatic N) is 1. The first-order chi connectivity index (χ1) is 15.2. The van der Waals surface area contributed by atoms with Crippen LogP contribution in [0, 0.1) is 5.92 Å². The quantitative estimate of drug-likeness (QED) is 0.568. The van der Waals surface area contributed by atoms with Crippen molar-refractivity contribution >= 4 is 5.97 Å². The van der Waals surface area contributed by atoms with Gasteiger partial charge in [-0.15, -0.1) is 0 Å². The number of benzene rings is 2. The maximum Gasteiger partial charge on any atom is 0.338 e. The van der Waals surface area contributed by atoms with Gasteiger partial charge in [-0.3, -0.25) is 0 Å². The third-order valence-corrected chi connectivity index (χ3v) is 6.80. The van der Waals surface area contributed by atoms with Crippen LogP contribution < -0.4 is 5.32 Å². The molecule has 2 fully saturated rings. The number of carbonyl (C=O) groups excluding carboxylic acids is 1. The molecule has 1 N–H and O–H groups in total. The van der Waals surface area contributed by atoms with Gasteiger partial charge in [0.05, 0.1) is 12.2 Å². The molecule has 2 aromatic carbocycles. The molecular weight excluding hydrogens is 384 g/mol. The second-order valence-corrected chi connectivity index (χ2v) is 9.07. The van der Waals surface area contributed by atoms with Crippen molar-refractivity contribution in [1.82, 2.24) is 10.2 Å². The number of hydrogen-bond acceptors (Lipinski definition) is 4. The van der Waals surface area contributed by atoms with Crippen molar-refractivity contribution in [2.24, 2.45) is 5.92 Å². The van der Waals surface area contributed by atoms with Crippen molar-refractivity contribution in [2.45, 2.75) is 51.0 Å². The predicted octanol–water partition coefficient (Wildman–Crippen LogP) is 4.65.